The molecule has 66 valence electrons. The van der Waals surface area contributed by atoms with Crippen molar-refractivity contribution in [2.75, 3.05) is 19.8 Å². The van der Waals surface area contributed by atoms with Gasteiger partial charge < -0.3 is 20.3 Å². The summed E-state index contributed by atoms with van der Waals surface area (Å²) in [5.74, 6) is 0. The van der Waals surface area contributed by atoms with Crippen molar-refractivity contribution in [1.29, 1.82) is 0 Å². The van der Waals surface area contributed by atoms with Crippen LogP contribution in [0.5, 0.6) is 0 Å². The van der Waals surface area contributed by atoms with E-state index in [-0.39, 0.29) is 24.9 Å². The number of ether oxygens (including phenoxy) is 2. The van der Waals surface area contributed by atoms with Gasteiger partial charge in [0.2, 0.25) is 0 Å². The lowest BCUT2D eigenvalue weighted by molar-refractivity contribution is -0.165. The smallest absolute Gasteiger partial charge is 0.105 e. The van der Waals surface area contributed by atoms with Crippen LogP contribution in [0, 0.1) is 0 Å². The van der Waals surface area contributed by atoms with E-state index in [1.54, 1.807) is 0 Å². The van der Waals surface area contributed by atoms with E-state index in [0.29, 0.717) is 13.2 Å². The van der Waals surface area contributed by atoms with Crippen molar-refractivity contribution in [2.45, 2.75) is 25.2 Å². The summed E-state index contributed by atoms with van der Waals surface area (Å²) in [6.45, 7) is 3.06. The Labute approximate surface area is 66.3 Å². The van der Waals surface area contributed by atoms with E-state index in [0.717, 1.165) is 0 Å². The van der Waals surface area contributed by atoms with Crippen molar-refractivity contribution in [3.05, 3.63) is 0 Å². The number of aliphatic hydroxyl groups is 1. The normalized spacial score (nSPS) is 24.3. The van der Waals surface area contributed by atoms with Crippen LogP contribution in [-0.4, -0.2) is 43.2 Å². The molecule has 1 aliphatic heterocycles. The van der Waals surface area contributed by atoms with Crippen LogP contribution in [0.15, 0.2) is 0 Å². The molecule has 11 heavy (non-hydrogen) atoms. The zero-order chi connectivity index (χ0) is 8.27. The van der Waals surface area contributed by atoms with E-state index in [1.807, 2.05) is 6.92 Å². The van der Waals surface area contributed by atoms with E-state index in [9.17, 15) is 0 Å². The molecular formula is C7H15NO3. The molecule has 0 saturated carbocycles. The zero-order valence-electron chi connectivity index (χ0n) is 6.69. The van der Waals surface area contributed by atoms with Gasteiger partial charge in [0.1, 0.15) is 6.10 Å². The van der Waals surface area contributed by atoms with Crippen molar-refractivity contribution in [3.63, 3.8) is 0 Å². The minimum absolute atomic E-state index is 0.0197. The molecule has 3 N–H and O–H groups in total. The molecule has 0 aromatic carbocycles. The van der Waals surface area contributed by atoms with Crippen molar-refractivity contribution in [1.82, 2.24) is 0 Å². The molecule has 0 aromatic heterocycles. The van der Waals surface area contributed by atoms with Crippen LogP contribution in [0.1, 0.15) is 6.92 Å². The summed E-state index contributed by atoms with van der Waals surface area (Å²) in [6, 6.07) is -0.124. The van der Waals surface area contributed by atoms with Gasteiger partial charge in [-0.1, -0.05) is 0 Å². The number of rotatable bonds is 4. The molecule has 1 heterocycles. The molecule has 1 rings (SSSR count). The van der Waals surface area contributed by atoms with E-state index in [1.165, 1.54) is 0 Å². The summed E-state index contributed by atoms with van der Waals surface area (Å²) in [5.41, 5.74) is 5.55. The lowest BCUT2D eigenvalue weighted by Crippen LogP contribution is -2.45. The molecule has 1 fully saturated rings. The van der Waals surface area contributed by atoms with Gasteiger partial charge in [0.15, 0.2) is 0 Å². The first-order valence-electron chi connectivity index (χ1n) is 3.83. The van der Waals surface area contributed by atoms with E-state index < -0.39 is 0 Å². The van der Waals surface area contributed by atoms with Crippen molar-refractivity contribution in [2.24, 2.45) is 5.73 Å². The summed E-state index contributed by atoms with van der Waals surface area (Å²) in [5, 5.41) is 8.82. The van der Waals surface area contributed by atoms with Crippen molar-refractivity contribution < 1.29 is 14.6 Å². The predicted molar refractivity (Wildman–Crippen MR) is 40.2 cm³/mol. The molecular weight excluding hydrogens is 146 g/mol. The largest absolute Gasteiger partial charge is 0.394 e. The molecule has 0 amide bonds. The second-order valence-electron chi connectivity index (χ2n) is 2.88. The number of hydrogen-bond donors (Lipinski definition) is 2. The molecule has 2 atom stereocenters. The highest BCUT2D eigenvalue weighted by Gasteiger charge is 2.24. The van der Waals surface area contributed by atoms with Crippen molar-refractivity contribution in [3.8, 4) is 0 Å². The number of aliphatic hydroxyl groups excluding tert-OH is 1. The van der Waals surface area contributed by atoms with E-state index in [2.05, 4.69) is 0 Å². The summed E-state index contributed by atoms with van der Waals surface area (Å²) < 4.78 is 10.3. The monoisotopic (exact) mass is 161 g/mol. The molecule has 4 nitrogen and oxygen atoms in total. The maximum Gasteiger partial charge on any atom is 0.105 e. The molecule has 4 heteroatoms. The minimum atomic E-state index is -0.246. The first-order valence-corrected chi connectivity index (χ1v) is 3.83. The van der Waals surface area contributed by atoms with Crippen LogP contribution >= 0.6 is 0 Å². The molecule has 0 spiro atoms. The molecule has 0 radical (unpaired) electrons. The Morgan fingerprint density at radius 1 is 1.73 bits per heavy atom. The fourth-order valence-corrected chi connectivity index (χ4v) is 0.873. The van der Waals surface area contributed by atoms with Crippen LogP contribution in [0.25, 0.3) is 0 Å². The highest BCUT2D eigenvalue weighted by Crippen LogP contribution is 2.09. The van der Waals surface area contributed by atoms with Crippen LogP contribution in [0.3, 0.4) is 0 Å². The Kier molecular flexibility index (Phi) is 3.26. The van der Waals surface area contributed by atoms with Crippen LogP contribution in [0.4, 0.5) is 0 Å². The van der Waals surface area contributed by atoms with Crippen LogP contribution in [-0.2, 0) is 9.47 Å². The van der Waals surface area contributed by atoms with Crippen LogP contribution in [0.2, 0.25) is 0 Å². The predicted octanol–water partition coefficient (Wildman–Crippen LogP) is -0.890. The molecule has 1 saturated heterocycles. The topological polar surface area (TPSA) is 64.7 Å². The fraction of sp³-hybridized carbons (Fsp3) is 1.00. The summed E-state index contributed by atoms with van der Waals surface area (Å²) in [6.07, 6.45) is -0.109. The minimum Gasteiger partial charge on any atom is -0.394 e. The Morgan fingerprint density at radius 3 is 2.64 bits per heavy atom. The second-order valence-corrected chi connectivity index (χ2v) is 2.88. The summed E-state index contributed by atoms with van der Waals surface area (Å²) in [7, 11) is 0. The van der Waals surface area contributed by atoms with Gasteiger partial charge in [-0.05, 0) is 6.92 Å². The van der Waals surface area contributed by atoms with Gasteiger partial charge in [-0.15, -0.1) is 0 Å². The lowest BCUT2D eigenvalue weighted by Gasteiger charge is -2.31. The van der Waals surface area contributed by atoms with E-state index >= 15 is 0 Å². The standard InChI is InChI=1S/C7H15NO3/c1-5(8)7(2-9)11-6-3-10-4-6/h5-7,9H,2-4,8H2,1H3. The third-order valence-corrected chi connectivity index (χ3v) is 1.74. The van der Waals surface area contributed by atoms with Gasteiger partial charge in [0.25, 0.3) is 0 Å². The maximum absolute atomic E-state index is 8.82. The van der Waals surface area contributed by atoms with Gasteiger partial charge in [0.05, 0.1) is 25.9 Å². The summed E-state index contributed by atoms with van der Waals surface area (Å²) >= 11 is 0. The lowest BCUT2D eigenvalue weighted by atomic mass is 10.2. The Hall–Kier alpha value is -0.160. The SMILES string of the molecule is CC(N)C(CO)OC1COC1. The maximum atomic E-state index is 8.82. The third kappa shape index (κ3) is 2.41. The zero-order valence-corrected chi connectivity index (χ0v) is 6.69. The van der Waals surface area contributed by atoms with Crippen LogP contribution < -0.4 is 5.73 Å². The van der Waals surface area contributed by atoms with Gasteiger partial charge in [-0.2, -0.15) is 0 Å². The average Bonchev–Trinajstić information content (AvgIpc) is 1.85. The summed E-state index contributed by atoms with van der Waals surface area (Å²) in [4.78, 5) is 0. The molecule has 0 bridgehead atoms. The highest BCUT2D eigenvalue weighted by atomic mass is 16.6. The number of hydrogen-bond acceptors (Lipinski definition) is 4. The van der Waals surface area contributed by atoms with Gasteiger partial charge in [-0.3, -0.25) is 0 Å². The Balaban J connectivity index is 2.19. The number of nitrogens with two attached hydrogens (primary N) is 1. The first kappa shape index (κ1) is 8.93. The molecule has 1 aliphatic rings. The quantitative estimate of drug-likeness (QED) is 0.561. The average molecular weight is 161 g/mol. The Bertz CT molecular complexity index is 114. The third-order valence-electron chi connectivity index (χ3n) is 1.74. The van der Waals surface area contributed by atoms with Gasteiger partial charge in [-0.25, -0.2) is 0 Å². The van der Waals surface area contributed by atoms with Crippen molar-refractivity contribution >= 4 is 0 Å². The van der Waals surface area contributed by atoms with E-state index in [4.69, 9.17) is 20.3 Å². The Morgan fingerprint density at radius 2 is 2.36 bits per heavy atom. The molecule has 2 unspecified atom stereocenters. The second kappa shape index (κ2) is 4.01. The molecule has 0 aromatic rings. The first-order chi connectivity index (χ1) is 5.24. The molecule has 0 aliphatic carbocycles. The van der Waals surface area contributed by atoms with Gasteiger partial charge >= 0.3 is 0 Å². The fourth-order valence-electron chi connectivity index (χ4n) is 0.873. The highest BCUT2D eigenvalue weighted by molar-refractivity contribution is 4.73. The van der Waals surface area contributed by atoms with Gasteiger partial charge in [0, 0.05) is 6.04 Å².